The van der Waals surface area contributed by atoms with E-state index in [0.29, 0.717) is 25.1 Å². The van der Waals surface area contributed by atoms with E-state index >= 15 is 0 Å². The number of para-hydroxylation sites is 1. The summed E-state index contributed by atoms with van der Waals surface area (Å²) < 4.78 is 0. The van der Waals surface area contributed by atoms with Gasteiger partial charge in [0.05, 0.1) is 11.0 Å². The van der Waals surface area contributed by atoms with Crippen molar-refractivity contribution in [1.29, 1.82) is 0 Å². The summed E-state index contributed by atoms with van der Waals surface area (Å²) in [5, 5.41) is 20.9. The summed E-state index contributed by atoms with van der Waals surface area (Å²) in [4.78, 5) is 13.3. The number of nitro benzene ring substituents is 1. The van der Waals surface area contributed by atoms with Crippen LogP contribution < -0.4 is 0 Å². The summed E-state index contributed by atoms with van der Waals surface area (Å²) in [6.45, 7) is 1.12. The van der Waals surface area contributed by atoms with E-state index in [1.54, 1.807) is 18.2 Å². The number of nitrogens with zero attached hydrogens (tertiary/aromatic N) is 2. The predicted molar refractivity (Wildman–Crippen MR) is 110 cm³/mol. The van der Waals surface area contributed by atoms with Gasteiger partial charge in [0.25, 0.3) is 5.69 Å². The Morgan fingerprint density at radius 2 is 1.39 bits per heavy atom. The zero-order chi connectivity index (χ0) is 19.8. The molecule has 5 nitrogen and oxygen atoms in total. The number of aliphatic hydroxyl groups excluding tert-OH is 1. The minimum atomic E-state index is -0.334. The van der Waals surface area contributed by atoms with Crippen LogP contribution in [0.2, 0.25) is 0 Å². The van der Waals surface area contributed by atoms with Crippen LogP contribution in [0.4, 0.5) is 5.69 Å². The Kier molecular flexibility index (Phi) is 6.89. The maximum atomic E-state index is 11.5. The third-order valence-corrected chi connectivity index (χ3v) is 4.76. The normalized spacial score (nSPS) is 11.1. The third kappa shape index (κ3) is 4.82. The number of hydrogen-bond acceptors (Lipinski definition) is 4. The van der Waals surface area contributed by atoms with Gasteiger partial charge in [0, 0.05) is 31.3 Å². The van der Waals surface area contributed by atoms with Crippen LogP contribution in [0.1, 0.15) is 29.2 Å². The highest BCUT2D eigenvalue weighted by molar-refractivity contribution is 5.40. The number of rotatable bonds is 9. The summed E-state index contributed by atoms with van der Waals surface area (Å²) in [7, 11) is 0. The summed E-state index contributed by atoms with van der Waals surface area (Å²) in [5.74, 6) is 0. The fourth-order valence-electron chi connectivity index (χ4n) is 3.50. The molecule has 0 aliphatic carbocycles. The first kappa shape index (κ1) is 19.7. The number of aliphatic hydroxyl groups is 1. The van der Waals surface area contributed by atoms with Crippen LogP contribution in [0.25, 0.3) is 0 Å². The van der Waals surface area contributed by atoms with Gasteiger partial charge in [-0.25, -0.2) is 0 Å². The van der Waals surface area contributed by atoms with Crippen molar-refractivity contribution in [3.63, 3.8) is 0 Å². The highest BCUT2D eigenvalue weighted by Gasteiger charge is 2.24. The van der Waals surface area contributed by atoms with Crippen LogP contribution in [0.15, 0.2) is 84.9 Å². The van der Waals surface area contributed by atoms with Crippen molar-refractivity contribution >= 4 is 5.69 Å². The van der Waals surface area contributed by atoms with Gasteiger partial charge >= 0.3 is 0 Å². The minimum absolute atomic E-state index is 0.0613. The molecule has 0 fully saturated rings. The van der Waals surface area contributed by atoms with Crippen LogP contribution in [0.5, 0.6) is 0 Å². The Hall–Kier alpha value is -3.02. The van der Waals surface area contributed by atoms with Crippen molar-refractivity contribution in [2.75, 3.05) is 13.2 Å². The fourth-order valence-corrected chi connectivity index (χ4v) is 3.50. The molecule has 0 unspecified atom stereocenters. The molecule has 144 valence electrons. The largest absolute Gasteiger partial charge is 0.396 e. The minimum Gasteiger partial charge on any atom is -0.396 e. The zero-order valence-corrected chi connectivity index (χ0v) is 15.6. The van der Waals surface area contributed by atoms with Gasteiger partial charge in [-0.05, 0) is 17.5 Å². The highest BCUT2D eigenvalue weighted by Crippen LogP contribution is 2.31. The van der Waals surface area contributed by atoms with Crippen molar-refractivity contribution in [1.82, 2.24) is 4.90 Å². The fraction of sp³-hybridized carbons (Fsp3) is 0.217. The molecule has 3 rings (SSSR count). The van der Waals surface area contributed by atoms with E-state index in [9.17, 15) is 15.2 Å². The molecular weight excluding hydrogens is 352 g/mol. The summed E-state index contributed by atoms with van der Waals surface area (Å²) in [5.41, 5.74) is 3.02. The van der Waals surface area contributed by atoms with E-state index in [0.717, 1.165) is 11.1 Å². The maximum Gasteiger partial charge on any atom is 0.273 e. The van der Waals surface area contributed by atoms with Crippen LogP contribution in [-0.2, 0) is 6.54 Å². The van der Waals surface area contributed by atoms with E-state index in [2.05, 4.69) is 29.2 Å². The van der Waals surface area contributed by atoms with Crippen LogP contribution in [0, 0.1) is 10.1 Å². The lowest BCUT2D eigenvalue weighted by molar-refractivity contribution is -0.385. The molecule has 3 aromatic rings. The molecule has 0 radical (unpaired) electrons. The van der Waals surface area contributed by atoms with Crippen LogP contribution in [0.3, 0.4) is 0 Å². The van der Waals surface area contributed by atoms with Crippen molar-refractivity contribution in [2.24, 2.45) is 0 Å². The smallest absolute Gasteiger partial charge is 0.273 e. The van der Waals surface area contributed by atoms with Gasteiger partial charge in [-0.3, -0.25) is 15.0 Å². The second-order valence-corrected chi connectivity index (χ2v) is 6.66. The molecule has 0 spiro atoms. The van der Waals surface area contributed by atoms with Gasteiger partial charge in [-0.2, -0.15) is 0 Å². The van der Waals surface area contributed by atoms with E-state index in [1.807, 2.05) is 42.5 Å². The zero-order valence-electron chi connectivity index (χ0n) is 15.6. The average molecular weight is 376 g/mol. The predicted octanol–water partition coefficient (Wildman–Crippen LogP) is 4.57. The lowest BCUT2D eigenvalue weighted by atomic mass is 9.96. The molecular formula is C23H24N2O3. The first-order valence-electron chi connectivity index (χ1n) is 9.38. The first-order valence-corrected chi connectivity index (χ1v) is 9.38. The Labute approximate surface area is 165 Å². The van der Waals surface area contributed by atoms with Gasteiger partial charge in [0.2, 0.25) is 0 Å². The second kappa shape index (κ2) is 9.78. The SMILES string of the molecule is O=[N+]([O-])c1ccccc1CN(CCCO)C(c1ccccc1)c1ccccc1. The van der Waals surface area contributed by atoms with Crippen molar-refractivity contribution in [3.05, 3.63) is 112 Å². The average Bonchev–Trinajstić information content (AvgIpc) is 2.74. The molecule has 0 saturated heterocycles. The Bertz CT molecular complexity index is 845. The lowest BCUT2D eigenvalue weighted by Crippen LogP contribution is -2.31. The van der Waals surface area contributed by atoms with E-state index < -0.39 is 0 Å². The van der Waals surface area contributed by atoms with E-state index in [-0.39, 0.29) is 23.3 Å². The number of hydrogen-bond donors (Lipinski definition) is 1. The Balaban J connectivity index is 2.03. The Morgan fingerprint density at radius 1 is 0.857 bits per heavy atom. The highest BCUT2D eigenvalue weighted by atomic mass is 16.6. The van der Waals surface area contributed by atoms with Crippen molar-refractivity contribution in [3.8, 4) is 0 Å². The summed E-state index contributed by atoms with van der Waals surface area (Å²) >= 11 is 0. The van der Waals surface area contributed by atoms with E-state index in [1.165, 1.54) is 0 Å². The van der Waals surface area contributed by atoms with Crippen LogP contribution >= 0.6 is 0 Å². The molecule has 5 heteroatoms. The number of benzene rings is 3. The van der Waals surface area contributed by atoms with E-state index in [4.69, 9.17) is 0 Å². The van der Waals surface area contributed by atoms with Crippen molar-refractivity contribution in [2.45, 2.75) is 19.0 Å². The second-order valence-electron chi connectivity index (χ2n) is 6.66. The Morgan fingerprint density at radius 3 is 1.93 bits per heavy atom. The maximum absolute atomic E-state index is 11.5. The molecule has 0 aliphatic rings. The van der Waals surface area contributed by atoms with Gasteiger partial charge in [0.1, 0.15) is 0 Å². The molecule has 0 saturated carbocycles. The molecule has 0 heterocycles. The molecule has 0 aromatic heterocycles. The molecule has 0 bridgehead atoms. The monoisotopic (exact) mass is 376 g/mol. The molecule has 0 amide bonds. The molecule has 3 aromatic carbocycles. The van der Waals surface area contributed by atoms with Crippen molar-refractivity contribution < 1.29 is 10.0 Å². The molecule has 28 heavy (non-hydrogen) atoms. The summed E-state index contributed by atoms with van der Waals surface area (Å²) in [6.07, 6.45) is 0.594. The number of nitro groups is 1. The summed E-state index contributed by atoms with van der Waals surface area (Å²) in [6, 6.07) is 27.0. The topological polar surface area (TPSA) is 66.6 Å². The first-order chi connectivity index (χ1) is 13.7. The van der Waals surface area contributed by atoms with Gasteiger partial charge < -0.3 is 5.11 Å². The van der Waals surface area contributed by atoms with Gasteiger partial charge in [-0.1, -0.05) is 78.9 Å². The lowest BCUT2D eigenvalue weighted by Gasteiger charge is -2.32. The molecule has 0 atom stereocenters. The van der Waals surface area contributed by atoms with Gasteiger partial charge in [0.15, 0.2) is 0 Å². The molecule has 1 N–H and O–H groups in total. The third-order valence-electron chi connectivity index (χ3n) is 4.76. The quantitative estimate of drug-likeness (QED) is 0.439. The standard InChI is InChI=1S/C23H24N2O3/c26-17-9-16-24(18-21-14-7-8-15-22(21)25(27)28)23(19-10-3-1-4-11-19)20-12-5-2-6-13-20/h1-8,10-15,23,26H,9,16-18H2. The van der Waals surface area contributed by atoms with Gasteiger partial charge in [-0.15, -0.1) is 0 Å². The molecule has 0 aliphatic heterocycles. The van der Waals surface area contributed by atoms with Crippen LogP contribution in [-0.4, -0.2) is 28.1 Å².